The van der Waals surface area contributed by atoms with E-state index in [0.29, 0.717) is 44.1 Å². The zero-order valence-electron chi connectivity index (χ0n) is 16.9. The lowest BCUT2D eigenvalue weighted by Gasteiger charge is -2.23. The summed E-state index contributed by atoms with van der Waals surface area (Å²) < 4.78 is 5.69. The number of hydrogen-bond acceptors (Lipinski definition) is 5. The molecule has 8 heteroatoms. The SMILES string of the molecule is CCN(CC)C(=O)OC1CC2CC(NCC(=O)N3CCCC3C#N)CC2C1.Cl. The van der Waals surface area contributed by atoms with Crippen molar-refractivity contribution in [3.8, 4) is 6.07 Å². The van der Waals surface area contributed by atoms with E-state index in [1.807, 2.05) is 13.8 Å². The minimum Gasteiger partial charge on any atom is -0.446 e. The molecule has 3 rings (SSSR count). The van der Waals surface area contributed by atoms with Crippen LogP contribution in [0.5, 0.6) is 0 Å². The van der Waals surface area contributed by atoms with E-state index in [9.17, 15) is 9.59 Å². The van der Waals surface area contributed by atoms with Gasteiger partial charge < -0.3 is 19.9 Å². The number of carbonyl (C=O) groups is 2. The summed E-state index contributed by atoms with van der Waals surface area (Å²) in [5.41, 5.74) is 0. The normalized spacial score (nSPS) is 31.0. The van der Waals surface area contributed by atoms with Crippen LogP contribution in [0.2, 0.25) is 0 Å². The van der Waals surface area contributed by atoms with E-state index in [4.69, 9.17) is 10.00 Å². The Hall–Kier alpha value is -1.52. The molecule has 1 aliphatic heterocycles. The molecule has 0 aromatic rings. The Bertz CT molecular complexity index is 578. The number of ether oxygens (including phenoxy) is 1. The lowest BCUT2D eigenvalue weighted by Crippen LogP contribution is -2.43. The first kappa shape index (κ1) is 22.8. The monoisotopic (exact) mass is 412 g/mol. The van der Waals surface area contributed by atoms with Crippen molar-refractivity contribution in [3.05, 3.63) is 0 Å². The van der Waals surface area contributed by atoms with Crippen molar-refractivity contribution in [1.82, 2.24) is 15.1 Å². The molecule has 0 aromatic carbocycles. The van der Waals surface area contributed by atoms with Crippen LogP contribution in [0.15, 0.2) is 0 Å². The first-order chi connectivity index (χ1) is 13.0. The molecule has 0 spiro atoms. The molecule has 1 N–H and O–H groups in total. The Morgan fingerprint density at radius 1 is 1.18 bits per heavy atom. The molecule has 0 aromatic heterocycles. The van der Waals surface area contributed by atoms with E-state index in [1.165, 1.54) is 0 Å². The minimum absolute atomic E-state index is 0. The van der Waals surface area contributed by atoms with Gasteiger partial charge in [-0.2, -0.15) is 5.26 Å². The quantitative estimate of drug-likeness (QED) is 0.724. The first-order valence-electron chi connectivity index (χ1n) is 10.4. The van der Waals surface area contributed by atoms with E-state index in [0.717, 1.165) is 38.5 Å². The van der Waals surface area contributed by atoms with Gasteiger partial charge in [0.1, 0.15) is 12.1 Å². The van der Waals surface area contributed by atoms with Gasteiger partial charge in [0.2, 0.25) is 5.91 Å². The summed E-state index contributed by atoms with van der Waals surface area (Å²) >= 11 is 0. The van der Waals surface area contributed by atoms with Crippen molar-refractivity contribution in [2.75, 3.05) is 26.2 Å². The zero-order valence-corrected chi connectivity index (χ0v) is 17.7. The molecule has 28 heavy (non-hydrogen) atoms. The van der Waals surface area contributed by atoms with Crippen LogP contribution >= 0.6 is 12.4 Å². The molecule has 0 bridgehead atoms. The summed E-state index contributed by atoms with van der Waals surface area (Å²) in [5.74, 6) is 1.19. The van der Waals surface area contributed by atoms with Crippen molar-refractivity contribution in [2.24, 2.45) is 11.8 Å². The predicted octanol–water partition coefficient (Wildman–Crippen LogP) is 2.55. The number of hydrogen-bond donors (Lipinski definition) is 1. The van der Waals surface area contributed by atoms with Gasteiger partial charge in [-0.15, -0.1) is 12.4 Å². The molecule has 7 nitrogen and oxygen atoms in total. The van der Waals surface area contributed by atoms with Gasteiger partial charge in [-0.25, -0.2) is 4.79 Å². The second kappa shape index (κ2) is 10.3. The third kappa shape index (κ3) is 5.09. The van der Waals surface area contributed by atoms with Crippen LogP contribution in [0.3, 0.4) is 0 Å². The molecule has 2 aliphatic carbocycles. The third-order valence-electron chi connectivity index (χ3n) is 6.53. The molecule has 3 unspecified atom stereocenters. The lowest BCUT2D eigenvalue weighted by molar-refractivity contribution is -0.130. The molecule has 0 radical (unpaired) electrons. The first-order valence-corrected chi connectivity index (χ1v) is 10.4. The van der Waals surface area contributed by atoms with E-state index < -0.39 is 0 Å². The van der Waals surface area contributed by atoms with Gasteiger partial charge in [-0.1, -0.05) is 0 Å². The lowest BCUT2D eigenvalue weighted by atomic mass is 10.0. The van der Waals surface area contributed by atoms with Gasteiger partial charge in [0.25, 0.3) is 0 Å². The molecule has 158 valence electrons. The van der Waals surface area contributed by atoms with Gasteiger partial charge in [-0.05, 0) is 64.2 Å². The van der Waals surface area contributed by atoms with Crippen LogP contribution in [0, 0.1) is 23.2 Å². The molecule has 1 saturated heterocycles. The Morgan fingerprint density at radius 2 is 1.82 bits per heavy atom. The van der Waals surface area contributed by atoms with E-state index >= 15 is 0 Å². The van der Waals surface area contributed by atoms with Crippen LogP contribution in [0.4, 0.5) is 4.79 Å². The van der Waals surface area contributed by atoms with Crippen molar-refractivity contribution < 1.29 is 14.3 Å². The minimum atomic E-state index is -0.247. The maximum atomic E-state index is 12.4. The molecule has 1 heterocycles. The second-order valence-corrected chi connectivity index (χ2v) is 8.09. The largest absolute Gasteiger partial charge is 0.446 e. The van der Waals surface area contributed by atoms with Crippen molar-refractivity contribution >= 4 is 24.4 Å². The maximum absolute atomic E-state index is 12.4. The van der Waals surface area contributed by atoms with E-state index in [-0.39, 0.29) is 36.6 Å². The van der Waals surface area contributed by atoms with Crippen LogP contribution in [0.25, 0.3) is 0 Å². The summed E-state index contributed by atoms with van der Waals surface area (Å²) in [6, 6.07) is 2.33. The smallest absolute Gasteiger partial charge is 0.410 e. The standard InChI is InChI=1S/C20H32N4O3.ClH/c1-3-23(4-2)20(26)27-18-10-14-8-16(9-15(14)11-18)22-13-19(25)24-7-5-6-17(24)12-21;/h14-18,22H,3-11,13H2,1-2H3;1H. The van der Waals surface area contributed by atoms with Crippen molar-refractivity contribution in [3.63, 3.8) is 0 Å². The number of fused-ring (bicyclic) bond motifs is 1. The highest BCUT2D eigenvalue weighted by Crippen LogP contribution is 2.45. The van der Waals surface area contributed by atoms with Crippen LogP contribution in [0.1, 0.15) is 52.4 Å². The van der Waals surface area contributed by atoms with Gasteiger partial charge in [0.05, 0.1) is 12.6 Å². The highest BCUT2D eigenvalue weighted by atomic mass is 35.5. The number of nitriles is 1. The molecule has 3 fully saturated rings. The zero-order chi connectivity index (χ0) is 19.4. The summed E-state index contributed by atoms with van der Waals surface area (Å²) in [4.78, 5) is 27.9. The number of likely N-dealkylation sites (tertiary alicyclic amines) is 1. The number of rotatable bonds is 6. The number of amides is 2. The second-order valence-electron chi connectivity index (χ2n) is 8.09. The van der Waals surface area contributed by atoms with E-state index in [1.54, 1.807) is 9.80 Å². The van der Waals surface area contributed by atoms with Gasteiger partial charge in [0.15, 0.2) is 0 Å². The fraction of sp³-hybridized carbons (Fsp3) is 0.850. The van der Waals surface area contributed by atoms with Crippen LogP contribution < -0.4 is 5.32 Å². The summed E-state index contributed by atoms with van der Waals surface area (Å²) in [6.07, 6.45) is 5.52. The Morgan fingerprint density at radius 3 is 2.39 bits per heavy atom. The number of halogens is 1. The van der Waals surface area contributed by atoms with Gasteiger partial charge >= 0.3 is 6.09 Å². The molecule has 3 atom stereocenters. The summed E-state index contributed by atoms with van der Waals surface area (Å²) in [6.45, 7) is 6.31. The van der Waals surface area contributed by atoms with Crippen LogP contribution in [-0.4, -0.2) is 66.2 Å². The Balaban J connectivity index is 0.00000280. The van der Waals surface area contributed by atoms with Crippen LogP contribution in [-0.2, 0) is 9.53 Å². The topological polar surface area (TPSA) is 85.7 Å². The maximum Gasteiger partial charge on any atom is 0.410 e. The molecule has 2 amide bonds. The number of nitrogens with one attached hydrogen (secondary N) is 1. The average Bonchev–Trinajstić information content (AvgIpc) is 3.34. The highest BCUT2D eigenvalue weighted by Gasteiger charge is 2.43. The number of carbonyl (C=O) groups excluding carboxylic acids is 2. The molecular weight excluding hydrogens is 380 g/mol. The Kier molecular flexibility index (Phi) is 8.38. The fourth-order valence-electron chi connectivity index (χ4n) is 5.06. The molecule has 3 aliphatic rings. The average molecular weight is 413 g/mol. The molecular formula is C20H33ClN4O3. The van der Waals surface area contributed by atoms with Gasteiger partial charge in [0, 0.05) is 25.7 Å². The van der Waals surface area contributed by atoms with Gasteiger partial charge in [-0.3, -0.25) is 4.79 Å². The van der Waals surface area contributed by atoms with Crippen molar-refractivity contribution in [1.29, 1.82) is 5.26 Å². The van der Waals surface area contributed by atoms with E-state index in [2.05, 4.69) is 11.4 Å². The summed E-state index contributed by atoms with van der Waals surface area (Å²) in [7, 11) is 0. The number of nitrogens with zero attached hydrogens (tertiary/aromatic N) is 3. The fourth-order valence-corrected chi connectivity index (χ4v) is 5.06. The molecule has 2 saturated carbocycles. The third-order valence-corrected chi connectivity index (χ3v) is 6.53. The predicted molar refractivity (Wildman–Crippen MR) is 108 cm³/mol. The Labute approximate surface area is 174 Å². The highest BCUT2D eigenvalue weighted by molar-refractivity contribution is 5.85. The van der Waals surface area contributed by atoms with Crippen molar-refractivity contribution in [2.45, 2.75) is 70.6 Å². The summed E-state index contributed by atoms with van der Waals surface area (Å²) in [5, 5.41) is 12.5.